The van der Waals surface area contributed by atoms with Gasteiger partial charge in [0.2, 0.25) is 0 Å². The van der Waals surface area contributed by atoms with Crippen molar-refractivity contribution in [1.29, 1.82) is 0 Å². The van der Waals surface area contributed by atoms with Crippen LogP contribution in [0.4, 0.5) is 0 Å². The van der Waals surface area contributed by atoms with Gasteiger partial charge in [-0.15, -0.1) is 0 Å². The van der Waals surface area contributed by atoms with E-state index in [-0.39, 0.29) is 0 Å². The van der Waals surface area contributed by atoms with Gasteiger partial charge >= 0.3 is 0 Å². The van der Waals surface area contributed by atoms with Crippen LogP contribution in [-0.2, 0) is 0 Å². The Balaban J connectivity index is 3.49. The summed E-state index contributed by atoms with van der Waals surface area (Å²) in [5.74, 6) is 1.57. The Kier molecular flexibility index (Phi) is 3.55. The average molecular weight is 210 g/mol. The Bertz CT molecular complexity index is 371. The lowest BCUT2D eigenvalue weighted by Gasteiger charge is -2.15. The fourth-order valence-electron chi connectivity index (χ4n) is 1.48. The van der Waals surface area contributed by atoms with Gasteiger partial charge in [0, 0.05) is 5.56 Å². The van der Waals surface area contributed by atoms with E-state index in [1.165, 1.54) is 14.2 Å². The number of carbonyl (C=O) groups is 1. The van der Waals surface area contributed by atoms with Crippen molar-refractivity contribution < 1.29 is 19.0 Å². The van der Waals surface area contributed by atoms with Crippen LogP contribution < -0.4 is 14.2 Å². The third kappa shape index (κ3) is 1.88. The lowest BCUT2D eigenvalue weighted by molar-refractivity contribution is 0.111. The van der Waals surface area contributed by atoms with Crippen LogP contribution in [0.15, 0.2) is 6.07 Å². The SMILES string of the molecule is COc1cc(C=O)c(OC)c(OC)c1C. The predicted octanol–water partition coefficient (Wildman–Crippen LogP) is 1.83. The quantitative estimate of drug-likeness (QED) is 0.711. The largest absolute Gasteiger partial charge is 0.496 e. The third-order valence-corrected chi connectivity index (χ3v) is 2.22. The Morgan fingerprint density at radius 3 is 2.07 bits per heavy atom. The average Bonchev–Trinajstić information content (AvgIpc) is 2.28. The molecule has 0 heterocycles. The van der Waals surface area contributed by atoms with E-state index >= 15 is 0 Å². The molecule has 1 aromatic carbocycles. The Hall–Kier alpha value is -1.71. The standard InChI is InChI=1S/C11H14O4/c1-7-9(13-2)5-8(6-12)11(15-4)10(7)14-3/h5-6H,1-4H3. The first-order valence-electron chi connectivity index (χ1n) is 4.44. The van der Waals surface area contributed by atoms with Gasteiger partial charge in [-0.3, -0.25) is 4.79 Å². The summed E-state index contributed by atoms with van der Waals surface area (Å²) in [6.07, 6.45) is 0.712. The molecule has 0 fully saturated rings. The predicted molar refractivity (Wildman–Crippen MR) is 56.2 cm³/mol. The summed E-state index contributed by atoms with van der Waals surface area (Å²) in [4.78, 5) is 10.8. The van der Waals surface area contributed by atoms with E-state index in [1.54, 1.807) is 13.2 Å². The van der Waals surface area contributed by atoms with Crippen molar-refractivity contribution in [3.63, 3.8) is 0 Å². The smallest absolute Gasteiger partial charge is 0.171 e. The van der Waals surface area contributed by atoms with Gasteiger partial charge in [-0.2, -0.15) is 0 Å². The maximum absolute atomic E-state index is 10.8. The number of aldehydes is 1. The number of ether oxygens (including phenoxy) is 3. The van der Waals surface area contributed by atoms with Gasteiger partial charge in [0.05, 0.1) is 26.9 Å². The first-order chi connectivity index (χ1) is 7.19. The molecule has 0 atom stereocenters. The number of methoxy groups -OCH3 is 3. The number of rotatable bonds is 4. The highest BCUT2D eigenvalue weighted by molar-refractivity contribution is 5.83. The molecular weight excluding hydrogens is 196 g/mol. The van der Waals surface area contributed by atoms with E-state index in [1.807, 2.05) is 6.92 Å². The van der Waals surface area contributed by atoms with Gasteiger partial charge in [0.15, 0.2) is 17.8 Å². The molecule has 0 aliphatic carbocycles. The van der Waals surface area contributed by atoms with Gasteiger partial charge in [-0.1, -0.05) is 0 Å². The topological polar surface area (TPSA) is 44.8 Å². The molecule has 82 valence electrons. The van der Waals surface area contributed by atoms with Crippen LogP contribution in [0.1, 0.15) is 15.9 Å². The lowest BCUT2D eigenvalue weighted by atomic mass is 10.1. The summed E-state index contributed by atoms with van der Waals surface area (Å²) < 4.78 is 15.4. The zero-order valence-electron chi connectivity index (χ0n) is 9.29. The summed E-state index contributed by atoms with van der Waals surface area (Å²) in [6, 6.07) is 1.63. The molecule has 0 unspecified atom stereocenters. The summed E-state index contributed by atoms with van der Waals surface area (Å²) in [5, 5.41) is 0. The normalized spacial score (nSPS) is 9.60. The minimum absolute atomic E-state index is 0.414. The molecule has 0 aliphatic heterocycles. The summed E-state index contributed by atoms with van der Waals surface area (Å²) in [6.45, 7) is 1.84. The van der Waals surface area contributed by atoms with Crippen molar-refractivity contribution in [3.8, 4) is 17.2 Å². The van der Waals surface area contributed by atoms with Gasteiger partial charge in [-0.25, -0.2) is 0 Å². The zero-order valence-corrected chi connectivity index (χ0v) is 9.29. The first-order valence-corrected chi connectivity index (χ1v) is 4.44. The van der Waals surface area contributed by atoms with Crippen LogP contribution in [0.3, 0.4) is 0 Å². The lowest BCUT2D eigenvalue weighted by Crippen LogP contribution is -2.00. The summed E-state index contributed by atoms with van der Waals surface area (Å²) in [7, 11) is 4.57. The van der Waals surface area contributed by atoms with E-state index in [0.29, 0.717) is 29.1 Å². The maximum atomic E-state index is 10.8. The second-order valence-corrected chi connectivity index (χ2v) is 2.98. The second-order valence-electron chi connectivity index (χ2n) is 2.98. The molecular formula is C11H14O4. The van der Waals surface area contributed by atoms with Gasteiger partial charge in [0.1, 0.15) is 5.75 Å². The number of hydrogen-bond acceptors (Lipinski definition) is 4. The Labute approximate surface area is 88.8 Å². The highest BCUT2D eigenvalue weighted by Crippen LogP contribution is 2.39. The Morgan fingerprint density at radius 1 is 1.07 bits per heavy atom. The monoisotopic (exact) mass is 210 g/mol. The second kappa shape index (κ2) is 4.68. The molecule has 0 bridgehead atoms. The number of carbonyl (C=O) groups excluding carboxylic acids is 1. The molecule has 4 heteroatoms. The molecule has 0 radical (unpaired) electrons. The minimum atomic E-state index is 0.414. The van der Waals surface area contributed by atoms with Crippen molar-refractivity contribution in [3.05, 3.63) is 17.2 Å². The maximum Gasteiger partial charge on any atom is 0.171 e. The van der Waals surface area contributed by atoms with Crippen LogP contribution >= 0.6 is 0 Å². The molecule has 0 saturated heterocycles. The summed E-state index contributed by atoms with van der Waals surface area (Å²) in [5.41, 5.74) is 1.22. The van der Waals surface area contributed by atoms with Crippen molar-refractivity contribution in [2.24, 2.45) is 0 Å². The molecule has 0 N–H and O–H groups in total. The fourth-order valence-corrected chi connectivity index (χ4v) is 1.48. The zero-order chi connectivity index (χ0) is 11.4. The van der Waals surface area contributed by atoms with Crippen LogP contribution in [0.25, 0.3) is 0 Å². The molecule has 0 aliphatic rings. The van der Waals surface area contributed by atoms with Crippen molar-refractivity contribution in [2.75, 3.05) is 21.3 Å². The highest BCUT2D eigenvalue weighted by Gasteiger charge is 2.16. The van der Waals surface area contributed by atoms with Crippen molar-refractivity contribution in [1.82, 2.24) is 0 Å². The van der Waals surface area contributed by atoms with Crippen LogP contribution in [0, 0.1) is 6.92 Å². The van der Waals surface area contributed by atoms with E-state index in [4.69, 9.17) is 14.2 Å². The molecule has 0 saturated carbocycles. The molecule has 0 spiro atoms. The molecule has 0 aromatic heterocycles. The number of benzene rings is 1. The molecule has 1 rings (SSSR count). The van der Waals surface area contributed by atoms with Gasteiger partial charge < -0.3 is 14.2 Å². The van der Waals surface area contributed by atoms with Gasteiger partial charge in [0.25, 0.3) is 0 Å². The minimum Gasteiger partial charge on any atom is -0.496 e. The molecule has 1 aromatic rings. The molecule has 0 amide bonds. The molecule has 15 heavy (non-hydrogen) atoms. The van der Waals surface area contributed by atoms with E-state index < -0.39 is 0 Å². The third-order valence-electron chi connectivity index (χ3n) is 2.22. The van der Waals surface area contributed by atoms with E-state index in [2.05, 4.69) is 0 Å². The van der Waals surface area contributed by atoms with Crippen molar-refractivity contribution >= 4 is 6.29 Å². The van der Waals surface area contributed by atoms with Crippen LogP contribution in [0.2, 0.25) is 0 Å². The van der Waals surface area contributed by atoms with Crippen LogP contribution in [-0.4, -0.2) is 27.6 Å². The Morgan fingerprint density at radius 2 is 1.67 bits per heavy atom. The first kappa shape index (κ1) is 11.4. The highest BCUT2D eigenvalue weighted by atomic mass is 16.5. The summed E-state index contributed by atoms with van der Waals surface area (Å²) >= 11 is 0. The van der Waals surface area contributed by atoms with Gasteiger partial charge in [-0.05, 0) is 13.0 Å². The fraction of sp³-hybridized carbons (Fsp3) is 0.364. The van der Waals surface area contributed by atoms with E-state index in [0.717, 1.165) is 5.56 Å². The van der Waals surface area contributed by atoms with E-state index in [9.17, 15) is 4.79 Å². The van der Waals surface area contributed by atoms with Crippen molar-refractivity contribution in [2.45, 2.75) is 6.92 Å². The number of hydrogen-bond donors (Lipinski definition) is 0. The molecule has 4 nitrogen and oxygen atoms in total. The van der Waals surface area contributed by atoms with Crippen LogP contribution in [0.5, 0.6) is 17.2 Å².